The number of anilines is 1. The number of nitrogens with one attached hydrogen (secondary N) is 3. The summed E-state index contributed by atoms with van der Waals surface area (Å²) in [5, 5.41) is 9.89. The molecule has 9 heteroatoms. The summed E-state index contributed by atoms with van der Waals surface area (Å²) in [7, 11) is 0. The number of hydrogen-bond donors (Lipinski definition) is 3. The maximum Gasteiger partial charge on any atom is 0.226 e. The Morgan fingerprint density at radius 2 is 2.07 bits per heavy atom. The molecule has 1 fully saturated rings. The third-order valence-corrected chi connectivity index (χ3v) is 4.85. The van der Waals surface area contributed by atoms with Gasteiger partial charge in [0.1, 0.15) is 0 Å². The second kappa shape index (κ2) is 12.9. The summed E-state index contributed by atoms with van der Waals surface area (Å²) in [4.78, 5) is 30.3. The first-order valence-corrected chi connectivity index (χ1v) is 10.2. The fraction of sp³-hybridized carbons (Fsp3) is 0.550. The molecule has 1 heterocycles. The first kappa shape index (κ1) is 25.5. The molecule has 162 valence electrons. The van der Waals surface area contributed by atoms with Crippen LogP contribution in [-0.2, 0) is 9.59 Å². The van der Waals surface area contributed by atoms with E-state index in [-0.39, 0.29) is 48.3 Å². The minimum absolute atomic E-state index is 0. The Morgan fingerprint density at radius 1 is 1.31 bits per heavy atom. The highest BCUT2D eigenvalue weighted by Gasteiger charge is 2.25. The summed E-state index contributed by atoms with van der Waals surface area (Å²) >= 11 is 6.15. The molecule has 1 aromatic rings. The second-order valence-corrected chi connectivity index (χ2v) is 7.27. The maximum absolute atomic E-state index is 12.2. The number of benzene rings is 1. The van der Waals surface area contributed by atoms with E-state index in [1.165, 1.54) is 0 Å². The van der Waals surface area contributed by atoms with Crippen LogP contribution in [0.5, 0.6) is 0 Å². The number of carbonyl (C=O) groups is 2. The number of nitrogens with zero attached hydrogens (tertiary/aromatic N) is 2. The van der Waals surface area contributed by atoms with Crippen molar-refractivity contribution in [3.05, 3.63) is 28.8 Å². The molecule has 1 aromatic carbocycles. The molecule has 3 N–H and O–H groups in total. The Morgan fingerprint density at radius 3 is 2.72 bits per heavy atom. The molecule has 0 spiro atoms. The fourth-order valence-electron chi connectivity index (χ4n) is 3.05. The number of aryl methyl sites for hydroxylation is 1. The van der Waals surface area contributed by atoms with Crippen molar-refractivity contribution in [2.24, 2.45) is 4.99 Å². The van der Waals surface area contributed by atoms with Gasteiger partial charge in [-0.3, -0.25) is 14.6 Å². The van der Waals surface area contributed by atoms with Crippen LogP contribution in [0, 0.1) is 6.92 Å². The van der Waals surface area contributed by atoms with E-state index >= 15 is 0 Å². The summed E-state index contributed by atoms with van der Waals surface area (Å²) in [6.45, 7) is 8.35. The molecular formula is C20H31ClIN5O2. The Bertz CT molecular complexity index is 729. The van der Waals surface area contributed by atoms with Crippen LogP contribution in [-0.4, -0.2) is 54.9 Å². The number of halogens is 2. The van der Waals surface area contributed by atoms with E-state index in [9.17, 15) is 9.59 Å². The minimum Gasteiger partial charge on any atom is -0.357 e. The van der Waals surface area contributed by atoms with Crippen LogP contribution in [0.4, 0.5) is 5.69 Å². The molecule has 1 atom stereocenters. The third kappa shape index (κ3) is 8.38. The summed E-state index contributed by atoms with van der Waals surface area (Å²) in [6.07, 6.45) is 1.68. The van der Waals surface area contributed by atoms with Crippen molar-refractivity contribution in [1.82, 2.24) is 15.5 Å². The smallest absolute Gasteiger partial charge is 0.226 e. The van der Waals surface area contributed by atoms with Crippen LogP contribution in [0.2, 0.25) is 5.02 Å². The van der Waals surface area contributed by atoms with Crippen LogP contribution in [0.3, 0.4) is 0 Å². The normalized spacial score (nSPS) is 16.2. The molecule has 0 bridgehead atoms. The molecular weight excluding hydrogens is 505 g/mol. The van der Waals surface area contributed by atoms with Gasteiger partial charge >= 0.3 is 0 Å². The summed E-state index contributed by atoms with van der Waals surface area (Å²) < 4.78 is 0. The quantitative estimate of drug-likeness (QED) is 0.284. The van der Waals surface area contributed by atoms with Gasteiger partial charge in [0.25, 0.3) is 0 Å². The van der Waals surface area contributed by atoms with Gasteiger partial charge in [0.2, 0.25) is 11.8 Å². The number of rotatable bonds is 7. The highest BCUT2D eigenvalue weighted by Crippen LogP contribution is 2.22. The van der Waals surface area contributed by atoms with Crippen molar-refractivity contribution in [2.75, 3.05) is 31.5 Å². The van der Waals surface area contributed by atoms with E-state index < -0.39 is 0 Å². The Balaban J connectivity index is 0.00000420. The maximum atomic E-state index is 12.2. The van der Waals surface area contributed by atoms with Crippen molar-refractivity contribution < 1.29 is 9.59 Å². The van der Waals surface area contributed by atoms with Gasteiger partial charge in [0.15, 0.2) is 5.96 Å². The Labute approximate surface area is 195 Å². The highest BCUT2D eigenvalue weighted by atomic mass is 127. The SMILES string of the molecule is CCNC(=NCCC(=O)Nc1ccc(C)cc1Cl)NC1CCN(C(=O)CC)C1.I. The topological polar surface area (TPSA) is 85.8 Å². The molecule has 0 aliphatic carbocycles. The van der Waals surface area contributed by atoms with Crippen LogP contribution < -0.4 is 16.0 Å². The van der Waals surface area contributed by atoms with E-state index in [2.05, 4.69) is 20.9 Å². The monoisotopic (exact) mass is 535 g/mol. The molecule has 7 nitrogen and oxygen atoms in total. The van der Waals surface area contributed by atoms with Crippen molar-refractivity contribution in [3.8, 4) is 0 Å². The molecule has 1 aliphatic heterocycles. The Hall–Kier alpha value is -1.55. The van der Waals surface area contributed by atoms with Crippen molar-refractivity contribution >= 4 is 59.0 Å². The fourth-order valence-corrected chi connectivity index (χ4v) is 3.33. The van der Waals surface area contributed by atoms with Crippen LogP contribution in [0.25, 0.3) is 0 Å². The first-order chi connectivity index (χ1) is 13.4. The summed E-state index contributed by atoms with van der Waals surface area (Å²) in [5.74, 6) is 0.711. The molecule has 29 heavy (non-hydrogen) atoms. The zero-order chi connectivity index (χ0) is 20.5. The average molecular weight is 536 g/mol. The Kier molecular flexibility index (Phi) is 11.3. The van der Waals surface area contributed by atoms with E-state index in [1.807, 2.05) is 37.8 Å². The predicted molar refractivity (Wildman–Crippen MR) is 129 cm³/mol. The number of likely N-dealkylation sites (tertiary alicyclic amines) is 1. The zero-order valence-electron chi connectivity index (χ0n) is 17.3. The second-order valence-electron chi connectivity index (χ2n) is 6.87. The molecule has 1 unspecified atom stereocenters. The largest absolute Gasteiger partial charge is 0.357 e. The molecule has 1 saturated heterocycles. The lowest BCUT2D eigenvalue weighted by molar-refractivity contribution is -0.129. The van der Waals surface area contributed by atoms with Crippen LogP contribution >= 0.6 is 35.6 Å². The summed E-state index contributed by atoms with van der Waals surface area (Å²) in [5.41, 5.74) is 1.65. The van der Waals surface area contributed by atoms with E-state index in [1.54, 1.807) is 6.07 Å². The number of aliphatic imine (C=N–C) groups is 1. The molecule has 0 saturated carbocycles. The molecule has 0 radical (unpaired) electrons. The van der Waals surface area contributed by atoms with Crippen LogP contribution in [0.1, 0.15) is 38.7 Å². The molecule has 0 aromatic heterocycles. The number of carbonyl (C=O) groups excluding carboxylic acids is 2. The predicted octanol–water partition coefficient (Wildman–Crippen LogP) is 3.16. The van der Waals surface area contributed by atoms with Gasteiger partial charge < -0.3 is 20.9 Å². The number of amides is 2. The van der Waals surface area contributed by atoms with Crippen LogP contribution in [0.15, 0.2) is 23.2 Å². The van der Waals surface area contributed by atoms with Gasteiger partial charge in [0.05, 0.1) is 17.3 Å². The minimum atomic E-state index is -0.133. The van der Waals surface area contributed by atoms with Crippen molar-refractivity contribution in [3.63, 3.8) is 0 Å². The standard InChI is InChI=1S/C20H30ClN5O2.HI/c1-4-19(28)26-11-9-15(13-26)24-20(22-5-2)23-10-8-18(27)25-17-7-6-14(3)12-16(17)21;/h6-7,12,15H,4-5,8-11,13H2,1-3H3,(H,25,27)(H2,22,23,24);1H. The lowest BCUT2D eigenvalue weighted by atomic mass is 10.2. The third-order valence-electron chi connectivity index (χ3n) is 4.54. The molecule has 2 amide bonds. The van der Waals surface area contributed by atoms with Gasteiger partial charge in [-0.1, -0.05) is 24.6 Å². The summed E-state index contributed by atoms with van der Waals surface area (Å²) in [6, 6.07) is 5.69. The first-order valence-electron chi connectivity index (χ1n) is 9.81. The van der Waals surface area contributed by atoms with Crippen molar-refractivity contribution in [2.45, 2.75) is 46.1 Å². The zero-order valence-corrected chi connectivity index (χ0v) is 20.3. The van der Waals surface area contributed by atoms with Gasteiger partial charge in [-0.15, -0.1) is 24.0 Å². The van der Waals surface area contributed by atoms with E-state index in [4.69, 9.17) is 11.6 Å². The molecule has 1 aliphatic rings. The van der Waals surface area contributed by atoms with Gasteiger partial charge in [-0.25, -0.2) is 0 Å². The van der Waals surface area contributed by atoms with Gasteiger partial charge in [0, 0.05) is 38.5 Å². The van der Waals surface area contributed by atoms with E-state index in [0.717, 1.165) is 25.1 Å². The lowest BCUT2D eigenvalue weighted by Gasteiger charge is -2.18. The van der Waals surface area contributed by atoms with Crippen molar-refractivity contribution in [1.29, 1.82) is 0 Å². The van der Waals surface area contributed by atoms with Gasteiger partial charge in [-0.05, 0) is 38.0 Å². The lowest BCUT2D eigenvalue weighted by Crippen LogP contribution is -2.45. The van der Waals surface area contributed by atoms with Gasteiger partial charge in [-0.2, -0.15) is 0 Å². The average Bonchev–Trinajstić information content (AvgIpc) is 3.12. The number of guanidine groups is 1. The molecule has 2 rings (SSSR count). The number of hydrogen-bond acceptors (Lipinski definition) is 3. The van der Waals surface area contributed by atoms with E-state index in [0.29, 0.717) is 36.2 Å². The highest BCUT2D eigenvalue weighted by molar-refractivity contribution is 14.0.